The Morgan fingerprint density at radius 2 is 1.75 bits per heavy atom. The van der Waals surface area contributed by atoms with Crippen LogP contribution in [0.1, 0.15) is 43.9 Å². The maximum atomic E-state index is 13.9. The Morgan fingerprint density at radius 1 is 1.07 bits per heavy atom. The van der Waals surface area contributed by atoms with Gasteiger partial charge in [-0.1, -0.05) is 117 Å². The van der Waals surface area contributed by atoms with Crippen LogP contribution in [0.15, 0.2) is 115 Å². The zero-order valence-electron chi connectivity index (χ0n) is 26.5. The van der Waals surface area contributed by atoms with Crippen LogP contribution in [0.3, 0.4) is 0 Å². The number of benzene rings is 3. The van der Waals surface area contributed by atoms with Gasteiger partial charge in [-0.2, -0.15) is 5.10 Å². The molecule has 2 amide bonds. The average Bonchev–Trinajstić information content (AvgIpc) is 3.39. The quantitative estimate of drug-likeness (QED) is 0.185. The third-order valence-electron chi connectivity index (χ3n) is 7.48. The number of aromatic amines is 1. The maximum Gasteiger partial charge on any atom is 0.320 e. The summed E-state index contributed by atoms with van der Waals surface area (Å²) in [6.45, 7) is 13.1. The van der Waals surface area contributed by atoms with Crippen molar-refractivity contribution in [2.45, 2.75) is 59.2 Å². The molecule has 2 heterocycles. The lowest BCUT2D eigenvalue weighted by Crippen LogP contribution is -2.50. The number of nitrogen functional groups attached to an aromatic ring is 1. The highest BCUT2D eigenvalue weighted by molar-refractivity contribution is 5.89. The molecule has 7 nitrogen and oxygen atoms in total. The minimum absolute atomic E-state index is 0.0888. The number of nitrogens with two attached hydrogens (primary N) is 1. The monoisotopic (exact) mass is 593 g/mol. The molecule has 1 aromatic heterocycles. The van der Waals surface area contributed by atoms with E-state index in [-0.39, 0.29) is 12.1 Å². The number of rotatable bonds is 8. The molecule has 0 spiro atoms. The van der Waals surface area contributed by atoms with Crippen LogP contribution in [0.4, 0.5) is 10.6 Å². The molecule has 44 heavy (non-hydrogen) atoms. The first-order valence-corrected chi connectivity index (χ1v) is 15.4. The smallest absolute Gasteiger partial charge is 0.320 e. The summed E-state index contributed by atoms with van der Waals surface area (Å²) < 4.78 is 0. The third kappa shape index (κ3) is 9.44. The van der Waals surface area contributed by atoms with Gasteiger partial charge < -0.3 is 20.6 Å². The Bertz CT molecular complexity index is 1510. The van der Waals surface area contributed by atoms with Gasteiger partial charge in [0.25, 0.3) is 0 Å². The SMILES string of the molecule is C=C/C=C\C(=C/C)CN1C(=O)N(Cc2ccc3[nH]nc(N)c3c2)CCC(O)C1Cc1ccccc1.CC.Cc1ccccc1. The van der Waals surface area contributed by atoms with Crippen LogP contribution in [0.5, 0.6) is 0 Å². The number of aliphatic hydroxyl groups excluding tert-OH is 1. The van der Waals surface area contributed by atoms with Gasteiger partial charge >= 0.3 is 6.03 Å². The van der Waals surface area contributed by atoms with E-state index in [0.717, 1.165) is 27.6 Å². The van der Waals surface area contributed by atoms with Gasteiger partial charge in [-0.3, -0.25) is 5.10 Å². The van der Waals surface area contributed by atoms with E-state index < -0.39 is 6.10 Å². The number of hydrogen-bond donors (Lipinski definition) is 3. The standard InChI is InChI=1S/C28H33N5O2.C7H8.C2H6/c1-3-5-9-20(4-2)19-33-25(17-21-10-7-6-8-11-21)26(34)14-15-32(28(33)35)18-22-12-13-24-23(16-22)27(29)31-30-24;1-7-5-3-2-4-6-7;1-2/h3-13,16,25-26,34H,1,14-15,17-19H2,2H3,(H3,29,30,31);2-6H,1H3;1-2H3/b9-5-,20-4+;;. The van der Waals surface area contributed by atoms with E-state index in [0.29, 0.717) is 38.3 Å². The number of hydrogen-bond acceptors (Lipinski definition) is 4. The lowest BCUT2D eigenvalue weighted by Gasteiger charge is -2.35. The summed E-state index contributed by atoms with van der Waals surface area (Å²) in [6, 6.07) is 25.7. The molecule has 7 heteroatoms. The maximum absolute atomic E-state index is 13.9. The van der Waals surface area contributed by atoms with Crippen molar-refractivity contribution in [3.05, 3.63) is 132 Å². The summed E-state index contributed by atoms with van der Waals surface area (Å²) in [4.78, 5) is 17.6. The third-order valence-corrected chi connectivity index (χ3v) is 7.48. The second-order valence-electron chi connectivity index (χ2n) is 10.5. The molecule has 4 N–H and O–H groups in total. The molecule has 1 aliphatic rings. The zero-order valence-corrected chi connectivity index (χ0v) is 26.5. The number of urea groups is 1. The molecule has 1 aliphatic heterocycles. The predicted molar refractivity (Wildman–Crippen MR) is 183 cm³/mol. The van der Waals surface area contributed by atoms with Crippen molar-refractivity contribution >= 4 is 22.8 Å². The van der Waals surface area contributed by atoms with Crippen molar-refractivity contribution in [3.8, 4) is 0 Å². The number of H-pyrrole nitrogens is 1. The van der Waals surface area contributed by atoms with Crippen LogP contribution in [0.25, 0.3) is 10.9 Å². The Hall–Kier alpha value is -4.62. The molecule has 0 aliphatic carbocycles. The molecule has 0 bridgehead atoms. The van der Waals surface area contributed by atoms with E-state index in [2.05, 4.69) is 35.8 Å². The number of carbonyl (C=O) groups excluding carboxylic acids is 1. The molecule has 5 rings (SSSR count). The van der Waals surface area contributed by atoms with Gasteiger partial charge in [0, 0.05) is 25.0 Å². The molecule has 2 unspecified atom stereocenters. The van der Waals surface area contributed by atoms with E-state index in [4.69, 9.17) is 5.73 Å². The number of aromatic nitrogens is 2. The fourth-order valence-electron chi connectivity index (χ4n) is 5.10. The lowest BCUT2D eigenvalue weighted by molar-refractivity contribution is 0.0757. The minimum atomic E-state index is -0.641. The Labute approximate surface area is 262 Å². The number of fused-ring (bicyclic) bond motifs is 1. The largest absolute Gasteiger partial charge is 0.391 e. The van der Waals surface area contributed by atoms with Gasteiger partial charge in [-0.25, -0.2) is 4.79 Å². The highest BCUT2D eigenvalue weighted by Gasteiger charge is 2.36. The first-order valence-electron chi connectivity index (χ1n) is 15.4. The van der Waals surface area contributed by atoms with E-state index in [1.807, 2.05) is 116 Å². The molecule has 2 atom stereocenters. The van der Waals surface area contributed by atoms with Crippen LogP contribution >= 0.6 is 0 Å². The number of aliphatic hydroxyl groups is 1. The molecule has 3 aromatic carbocycles. The molecule has 0 saturated carbocycles. The minimum Gasteiger partial charge on any atom is -0.391 e. The highest BCUT2D eigenvalue weighted by atomic mass is 16.3. The van der Waals surface area contributed by atoms with Crippen molar-refractivity contribution in [1.29, 1.82) is 0 Å². The van der Waals surface area contributed by atoms with Crippen molar-refractivity contribution in [2.24, 2.45) is 0 Å². The molecule has 232 valence electrons. The van der Waals surface area contributed by atoms with Gasteiger partial charge in [-0.15, -0.1) is 0 Å². The highest BCUT2D eigenvalue weighted by Crippen LogP contribution is 2.25. The number of aryl methyl sites for hydroxylation is 1. The Kier molecular flexibility index (Phi) is 13.5. The van der Waals surface area contributed by atoms with Gasteiger partial charge in [0.1, 0.15) is 0 Å². The summed E-state index contributed by atoms with van der Waals surface area (Å²) >= 11 is 0. The van der Waals surface area contributed by atoms with Gasteiger partial charge in [0.05, 0.1) is 17.7 Å². The van der Waals surface area contributed by atoms with Crippen LogP contribution < -0.4 is 5.73 Å². The van der Waals surface area contributed by atoms with E-state index in [1.165, 1.54) is 5.56 Å². The molecule has 0 radical (unpaired) electrons. The summed E-state index contributed by atoms with van der Waals surface area (Å²) in [7, 11) is 0. The Balaban J connectivity index is 0.000000510. The molecular formula is C37H47N5O2. The molecule has 1 saturated heterocycles. The number of amides is 2. The lowest BCUT2D eigenvalue weighted by atomic mass is 9.98. The van der Waals surface area contributed by atoms with E-state index >= 15 is 0 Å². The topological polar surface area (TPSA) is 98.5 Å². The number of nitrogens with zero attached hydrogens (tertiary/aromatic N) is 3. The summed E-state index contributed by atoms with van der Waals surface area (Å²) in [5, 5.41) is 19.0. The average molecular weight is 594 g/mol. The molecular weight excluding hydrogens is 546 g/mol. The first-order chi connectivity index (χ1) is 21.4. The van der Waals surface area contributed by atoms with Crippen LogP contribution in [0.2, 0.25) is 0 Å². The fourth-order valence-corrected chi connectivity index (χ4v) is 5.10. The molecule has 4 aromatic rings. The Morgan fingerprint density at radius 3 is 2.36 bits per heavy atom. The van der Waals surface area contributed by atoms with Crippen molar-refractivity contribution in [3.63, 3.8) is 0 Å². The van der Waals surface area contributed by atoms with Crippen molar-refractivity contribution < 1.29 is 9.90 Å². The fraction of sp³-hybridized carbons (Fsp3) is 0.297. The van der Waals surface area contributed by atoms with Crippen LogP contribution in [0, 0.1) is 6.92 Å². The number of carbonyl (C=O) groups is 1. The first kappa shape index (κ1) is 33.9. The summed E-state index contributed by atoms with van der Waals surface area (Å²) in [6.07, 6.45) is 7.97. The van der Waals surface area contributed by atoms with Crippen molar-refractivity contribution in [2.75, 3.05) is 18.8 Å². The zero-order chi connectivity index (χ0) is 31.9. The van der Waals surface area contributed by atoms with Crippen LogP contribution in [-0.2, 0) is 13.0 Å². The number of allylic oxidation sites excluding steroid dienone is 3. The molecule has 1 fully saturated rings. The summed E-state index contributed by atoms with van der Waals surface area (Å²) in [5.74, 6) is 0.441. The van der Waals surface area contributed by atoms with E-state index in [1.54, 1.807) is 6.08 Å². The number of anilines is 1. The second kappa shape index (κ2) is 17.5. The van der Waals surface area contributed by atoms with Gasteiger partial charge in [0.2, 0.25) is 0 Å². The number of nitrogens with one attached hydrogen (secondary N) is 1. The van der Waals surface area contributed by atoms with Crippen LogP contribution in [-0.4, -0.2) is 56.4 Å². The van der Waals surface area contributed by atoms with Gasteiger partial charge in [0.15, 0.2) is 5.82 Å². The van der Waals surface area contributed by atoms with E-state index in [9.17, 15) is 9.90 Å². The summed E-state index contributed by atoms with van der Waals surface area (Å²) in [5.41, 5.74) is 11.2. The van der Waals surface area contributed by atoms with Gasteiger partial charge in [-0.05, 0) is 55.5 Å². The second-order valence-corrected chi connectivity index (χ2v) is 10.5. The van der Waals surface area contributed by atoms with Crippen molar-refractivity contribution in [1.82, 2.24) is 20.0 Å². The predicted octanol–water partition coefficient (Wildman–Crippen LogP) is 7.45. The normalized spacial score (nSPS) is 17.0.